The van der Waals surface area contributed by atoms with Gasteiger partial charge < -0.3 is 10.6 Å². The van der Waals surface area contributed by atoms with Crippen LogP contribution in [0.5, 0.6) is 0 Å². The Morgan fingerprint density at radius 1 is 1.47 bits per heavy atom. The van der Waals surface area contributed by atoms with Crippen molar-refractivity contribution >= 4 is 0 Å². The fourth-order valence-corrected chi connectivity index (χ4v) is 1.92. The maximum Gasteiger partial charge on any atom is 0.390 e. The van der Waals surface area contributed by atoms with Gasteiger partial charge in [0.2, 0.25) is 0 Å². The van der Waals surface area contributed by atoms with Crippen molar-refractivity contribution < 1.29 is 13.2 Å². The smallest absolute Gasteiger partial charge is 0.312 e. The van der Waals surface area contributed by atoms with E-state index < -0.39 is 18.6 Å². The summed E-state index contributed by atoms with van der Waals surface area (Å²) in [6, 6.07) is -0.180. The van der Waals surface area contributed by atoms with Gasteiger partial charge in [-0.1, -0.05) is 6.92 Å². The summed E-state index contributed by atoms with van der Waals surface area (Å²) in [6.45, 7) is 5.30. The van der Waals surface area contributed by atoms with Gasteiger partial charge in [0.05, 0.1) is 6.42 Å². The van der Waals surface area contributed by atoms with E-state index in [1.165, 1.54) is 0 Å². The van der Waals surface area contributed by atoms with E-state index in [2.05, 4.69) is 17.6 Å². The third kappa shape index (κ3) is 4.84. The number of nitrogens with one attached hydrogen (secondary N) is 2. The third-order valence-corrected chi connectivity index (χ3v) is 2.92. The van der Waals surface area contributed by atoms with Crippen LogP contribution in [0.15, 0.2) is 0 Å². The van der Waals surface area contributed by atoms with Crippen molar-refractivity contribution in [3.8, 4) is 0 Å². The Morgan fingerprint density at radius 2 is 2.13 bits per heavy atom. The van der Waals surface area contributed by atoms with Crippen LogP contribution in [0.2, 0.25) is 0 Å². The molecule has 3 atom stereocenters. The zero-order chi connectivity index (χ0) is 11.5. The van der Waals surface area contributed by atoms with Crippen molar-refractivity contribution in [3.63, 3.8) is 0 Å². The van der Waals surface area contributed by atoms with Gasteiger partial charge >= 0.3 is 6.18 Å². The SMILES string of the molecule is CC(CC(F)(F)F)NCC1NCCC1C. The monoisotopic (exact) mass is 224 g/mol. The Balaban J connectivity index is 2.19. The molecule has 1 aliphatic heterocycles. The highest BCUT2D eigenvalue weighted by atomic mass is 19.4. The number of hydrogen-bond donors (Lipinski definition) is 2. The zero-order valence-corrected chi connectivity index (χ0v) is 9.19. The molecule has 0 saturated carbocycles. The van der Waals surface area contributed by atoms with Gasteiger partial charge in [0.25, 0.3) is 0 Å². The van der Waals surface area contributed by atoms with Crippen molar-refractivity contribution in [2.75, 3.05) is 13.1 Å². The molecule has 2 nitrogen and oxygen atoms in total. The Kier molecular flexibility index (Phi) is 4.40. The molecule has 0 aromatic rings. The summed E-state index contributed by atoms with van der Waals surface area (Å²) in [7, 11) is 0. The molecule has 1 fully saturated rings. The summed E-state index contributed by atoms with van der Waals surface area (Å²) in [5, 5.41) is 6.21. The van der Waals surface area contributed by atoms with E-state index in [0.717, 1.165) is 13.0 Å². The molecule has 90 valence electrons. The summed E-state index contributed by atoms with van der Waals surface area (Å²) >= 11 is 0. The lowest BCUT2D eigenvalue weighted by atomic mass is 10.0. The Morgan fingerprint density at radius 3 is 2.60 bits per heavy atom. The van der Waals surface area contributed by atoms with Gasteiger partial charge in [0.15, 0.2) is 0 Å². The largest absolute Gasteiger partial charge is 0.390 e. The molecule has 1 saturated heterocycles. The van der Waals surface area contributed by atoms with E-state index in [1.54, 1.807) is 6.92 Å². The van der Waals surface area contributed by atoms with E-state index in [1.807, 2.05) is 0 Å². The van der Waals surface area contributed by atoms with Crippen LogP contribution in [-0.2, 0) is 0 Å². The molecule has 15 heavy (non-hydrogen) atoms. The Hall–Kier alpha value is -0.290. The number of halogens is 3. The molecule has 2 N–H and O–H groups in total. The molecule has 3 unspecified atom stereocenters. The lowest BCUT2D eigenvalue weighted by molar-refractivity contribution is -0.139. The van der Waals surface area contributed by atoms with Gasteiger partial charge in [0, 0.05) is 18.6 Å². The van der Waals surface area contributed by atoms with Crippen LogP contribution >= 0.6 is 0 Å². The molecular weight excluding hydrogens is 205 g/mol. The maximum atomic E-state index is 12.0. The van der Waals surface area contributed by atoms with E-state index in [-0.39, 0.29) is 0 Å². The first-order chi connectivity index (χ1) is 6.88. The molecule has 0 radical (unpaired) electrons. The molecule has 1 aliphatic rings. The number of hydrogen-bond acceptors (Lipinski definition) is 2. The molecule has 0 aromatic carbocycles. The van der Waals surface area contributed by atoms with Crippen LogP contribution in [0.4, 0.5) is 13.2 Å². The first-order valence-corrected chi connectivity index (χ1v) is 5.42. The molecule has 0 spiro atoms. The van der Waals surface area contributed by atoms with Crippen LogP contribution in [0.3, 0.4) is 0 Å². The topological polar surface area (TPSA) is 24.1 Å². The quantitative estimate of drug-likeness (QED) is 0.762. The summed E-state index contributed by atoms with van der Waals surface area (Å²) in [4.78, 5) is 0. The van der Waals surface area contributed by atoms with E-state index in [4.69, 9.17) is 0 Å². The second-order valence-corrected chi connectivity index (χ2v) is 4.46. The van der Waals surface area contributed by atoms with Crippen molar-refractivity contribution in [2.45, 2.75) is 44.9 Å². The minimum absolute atomic E-state index is 0.320. The standard InChI is InChI=1S/C10H19F3N2/c1-7-3-4-14-9(7)6-15-8(2)5-10(11,12)13/h7-9,14-15H,3-6H2,1-2H3. The molecule has 0 bridgehead atoms. The highest BCUT2D eigenvalue weighted by molar-refractivity contribution is 4.83. The van der Waals surface area contributed by atoms with Gasteiger partial charge in [-0.15, -0.1) is 0 Å². The highest BCUT2D eigenvalue weighted by Crippen LogP contribution is 2.21. The lowest BCUT2D eigenvalue weighted by Crippen LogP contribution is -2.42. The molecule has 0 aliphatic carbocycles. The van der Waals surface area contributed by atoms with Crippen molar-refractivity contribution in [3.05, 3.63) is 0 Å². The fraction of sp³-hybridized carbons (Fsp3) is 1.00. The van der Waals surface area contributed by atoms with Crippen molar-refractivity contribution in [2.24, 2.45) is 5.92 Å². The summed E-state index contributed by atoms with van der Waals surface area (Å²) in [6.07, 6.45) is -3.71. The molecule has 1 heterocycles. The fourth-order valence-electron chi connectivity index (χ4n) is 1.92. The van der Waals surface area contributed by atoms with Gasteiger partial charge in [-0.2, -0.15) is 13.2 Å². The van der Waals surface area contributed by atoms with E-state index >= 15 is 0 Å². The van der Waals surface area contributed by atoms with Gasteiger partial charge in [-0.05, 0) is 25.8 Å². The average molecular weight is 224 g/mol. The summed E-state index contributed by atoms with van der Waals surface area (Å²) in [5.74, 6) is 0.551. The molecule has 0 amide bonds. The zero-order valence-electron chi connectivity index (χ0n) is 9.19. The first kappa shape index (κ1) is 12.8. The third-order valence-electron chi connectivity index (χ3n) is 2.92. The minimum Gasteiger partial charge on any atom is -0.312 e. The Labute approximate surface area is 88.6 Å². The Bertz CT molecular complexity index is 194. The molecule has 0 aromatic heterocycles. The highest BCUT2D eigenvalue weighted by Gasteiger charge is 2.30. The van der Waals surface area contributed by atoms with Gasteiger partial charge in [0.1, 0.15) is 0 Å². The molecule has 5 heteroatoms. The lowest BCUT2D eigenvalue weighted by Gasteiger charge is -2.21. The second-order valence-electron chi connectivity index (χ2n) is 4.46. The molecule has 1 rings (SSSR count). The van der Waals surface area contributed by atoms with Crippen LogP contribution in [0.25, 0.3) is 0 Å². The van der Waals surface area contributed by atoms with E-state index in [0.29, 0.717) is 18.5 Å². The van der Waals surface area contributed by atoms with Crippen LogP contribution in [0.1, 0.15) is 26.7 Å². The average Bonchev–Trinajstić information content (AvgIpc) is 2.44. The maximum absolute atomic E-state index is 12.0. The van der Waals surface area contributed by atoms with Crippen LogP contribution < -0.4 is 10.6 Å². The predicted molar refractivity (Wildman–Crippen MR) is 53.7 cm³/mol. The van der Waals surface area contributed by atoms with Gasteiger partial charge in [-0.3, -0.25) is 0 Å². The summed E-state index contributed by atoms with van der Waals surface area (Å²) < 4.78 is 36.1. The first-order valence-electron chi connectivity index (χ1n) is 5.42. The number of alkyl halides is 3. The van der Waals surface area contributed by atoms with E-state index in [9.17, 15) is 13.2 Å². The van der Waals surface area contributed by atoms with Crippen LogP contribution in [-0.4, -0.2) is 31.3 Å². The van der Waals surface area contributed by atoms with Crippen molar-refractivity contribution in [1.29, 1.82) is 0 Å². The van der Waals surface area contributed by atoms with Crippen molar-refractivity contribution in [1.82, 2.24) is 10.6 Å². The predicted octanol–water partition coefficient (Wildman–Crippen LogP) is 1.91. The van der Waals surface area contributed by atoms with Crippen LogP contribution in [0, 0.1) is 5.92 Å². The van der Waals surface area contributed by atoms with Gasteiger partial charge in [-0.25, -0.2) is 0 Å². The number of rotatable bonds is 4. The second kappa shape index (κ2) is 5.16. The minimum atomic E-state index is -4.07. The normalized spacial score (nSPS) is 29.4. The summed E-state index contributed by atoms with van der Waals surface area (Å²) in [5.41, 5.74) is 0. The molecular formula is C10H19F3N2.